The molecule has 0 aliphatic rings. The minimum atomic E-state index is -0.144. The normalized spacial score (nSPS) is 10.2. The highest BCUT2D eigenvalue weighted by Crippen LogP contribution is 2.12. The molecule has 0 aliphatic carbocycles. The number of nitrogens with one attached hydrogen (secondary N) is 2. The van der Waals surface area contributed by atoms with Gasteiger partial charge in [0.1, 0.15) is 0 Å². The fraction of sp³-hybridized carbons (Fsp3) is 0.455. The van der Waals surface area contributed by atoms with E-state index in [4.69, 9.17) is 5.84 Å². The van der Waals surface area contributed by atoms with Gasteiger partial charge < -0.3 is 10.7 Å². The fourth-order valence-electron chi connectivity index (χ4n) is 1.46. The lowest BCUT2D eigenvalue weighted by molar-refractivity contribution is 0.0935. The molecular weight excluding hydrogens is 204 g/mol. The van der Waals surface area contributed by atoms with Gasteiger partial charge in [-0.3, -0.25) is 15.6 Å². The van der Waals surface area contributed by atoms with Gasteiger partial charge in [0, 0.05) is 18.4 Å². The number of hydrazine groups is 1. The maximum atomic E-state index is 11.9. The number of rotatable bonds is 5. The van der Waals surface area contributed by atoms with Crippen LogP contribution in [0.4, 0.5) is 5.69 Å². The molecule has 0 saturated carbocycles. The van der Waals surface area contributed by atoms with E-state index in [0.717, 1.165) is 12.8 Å². The van der Waals surface area contributed by atoms with Gasteiger partial charge in [0.2, 0.25) is 0 Å². The highest BCUT2D eigenvalue weighted by Gasteiger charge is 2.13. The first-order valence-electron chi connectivity index (χ1n) is 5.44. The van der Waals surface area contributed by atoms with Crippen molar-refractivity contribution in [1.29, 1.82) is 0 Å². The summed E-state index contributed by atoms with van der Waals surface area (Å²) in [4.78, 5) is 15.8. The number of hydrogen-bond donors (Lipinski definition) is 3. The second-order valence-electron chi connectivity index (χ2n) is 3.55. The van der Waals surface area contributed by atoms with E-state index in [2.05, 4.69) is 15.7 Å². The van der Waals surface area contributed by atoms with Crippen LogP contribution in [0.15, 0.2) is 18.5 Å². The zero-order valence-corrected chi connectivity index (χ0v) is 9.66. The maximum absolute atomic E-state index is 11.9. The number of nitrogens with zero attached hydrogens (tertiary/aromatic N) is 1. The highest BCUT2D eigenvalue weighted by molar-refractivity contribution is 5.99. The number of carbonyl (C=O) groups is 1. The first-order chi connectivity index (χ1) is 7.72. The van der Waals surface area contributed by atoms with Crippen LogP contribution in [0.25, 0.3) is 0 Å². The molecule has 1 aromatic rings. The molecule has 1 aromatic heterocycles. The van der Waals surface area contributed by atoms with Crippen LogP contribution < -0.4 is 16.6 Å². The largest absolute Gasteiger partial charge is 0.349 e. The van der Waals surface area contributed by atoms with E-state index < -0.39 is 0 Å². The van der Waals surface area contributed by atoms with Gasteiger partial charge in [0.25, 0.3) is 5.91 Å². The topological polar surface area (TPSA) is 80.0 Å². The van der Waals surface area contributed by atoms with Gasteiger partial charge in [-0.15, -0.1) is 0 Å². The van der Waals surface area contributed by atoms with Crippen molar-refractivity contribution in [2.75, 3.05) is 5.43 Å². The molecule has 0 saturated heterocycles. The van der Waals surface area contributed by atoms with E-state index >= 15 is 0 Å². The molecule has 5 nitrogen and oxygen atoms in total. The Morgan fingerprint density at radius 1 is 1.50 bits per heavy atom. The van der Waals surface area contributed by atoms with Crippen LogP contribution in [0.1, 0.15) is 37.0 Å². The van der Waals surface area contributed by atoms with Crippen LogP contribution in [0, 0.1) is 0 Å². The number of aromatic nitrogens is 1. The van der Waals surface area contributed by atoms with Crippen molar-refractivity contribution < 1.29 is 4.79 Å². The van der Waals surface area contributed by atoms with Crippen molar-refractivity contribution in [3.63, 3.8) is 0 Å². The molecule has 0 aliphatic heterocycles. The Labute approximate surface area is 95.4 Å². The molecule has 0 aromatic carbocycles. The number of nitrogens with two attached hydrogens (primary N) is 1. The number of pyridine rings is 1. The van der Waals surface area contributed by atoms with Crippen molar-refractivity contribution in [3.8, 4) is 0 Å². The molecule has 1 amide bonds. The average molecular weight is 222 g/mol. The predicted molar refractivity (Wildman–Crippen MR) is 63.9 cm³/mol. The molecular formula is C11H18N4O. The average Bonchev–Trinajstić information content (AvgIpc) is 2.35. The summed E-state index contributed by atoms with van der Waals surface area (Å²) in [6.07, 6.45) is 4.91. The van der Waals surface area contributed by atoms with Gasteiger partial charge >= 0.3 is 0 Å². The Bertz CT molecular complexity index is 350. The van der Waals surface area contributed by atoms with Crippen LogP contribution in [0.5, 0.6) is 0 Å². The van der Waals surface area contributed by atoms with E-state index in [0.29, 0.717) is 11.3 Å². The molecule has 0 radical (unpaired) electrons. The van der Waals surface area contributed by atoms with Crippen LogP contribution in [-0.2, 0) is 0 Å². The van der Waals surface area contributed by atoms with Gasteiger partial charge in [-0.1, -0.05) is 13.8 Å². The summed E-state index contributed by atoms with van der Waals surface area (Å²) in [7, 11) is 0. The minimum absolute atomic E-state index is 0.144. The van der Waals surface area contributed by atoms with Gasteiger partial charge in [-0.25, -0.2) is 0 Å². The molecule has 0 fully saturated rings. The van der Waals surface area contributed by atoms with Crippen molar-refractivity contribution in [2.24, 2.45) is 5.84 Å². The van der Waals surface area contributed by atoms with Crippen LogP contribution in [0.3, 0.4) is 0 Å². The second kappa shape index (κ2) is 6.07. The van der Waals surface area contributed by atoms with Crippen LogP contribution >= 0.6 is 0 Å². The first-order valence-corrected chi connectivity index (χ1v) is 5.44. The monoisotopic (exact) mass is 222 g/mol. The Hall–Kier alpha value is -1.62. The number of hydrogen-bond acceptors (Lipinski definition) is 4. The first kappa shape index (κ1) is 12.4. The Morgan fingerprint density at radius 2 is 2.19 bits per heavy atom. The van der Waals surface area contributed by atoms with Crippen LogP contribution in [0.2, 0.25) is 0 Å². The molecule has 1 heterocycles. The lowest BCUT2D eigenvalue weighted by Crippen LogP contribution is -2.34. The van der Waals surface area contributed by atoms with Gasteiger partial charge in [0.05, 0.1) is 11.3 Å². The molecule has 16 heavy (non-hydrogen) atoms. The molecule has 0 unspecified atom stereocenters. The van der Waals surface area contributed by atoms with E-state index in [1.54, 1.807) is 12.3 Å². The van der Waals surface area contributed by atoms with Gasteiger partial charge in [-0.05, 0) is 18.9 Å². The molecule has 0 bridgehead atoms. The second-order valence-corrected chi connectivity index (χ2v) is 3.55. The third-order valence-corrected chi connectivity index (χ3v) is 2.54. The molecule has 0 spiro atoms. The van der Waals surface area contributed by atoms with Crippen molar-refractivity contribution in [1.82, 2.24) is 10.3 Å². The van der Waals surface area contributed by atoms with Crippen molar-refractivity contribution in [2.45, 2.75) is 32.7 Å². The van der Waals surface area contributed by atoms with E-state index in [-0.39, 0.29) is 11.9 Å². The maximum Gasteiger partial charge on any atom is 0.255 e. The molecule has 0 atom stereocenters. The van der Waals surface area contributed by atoms with Crippen molar-refractivity contribution in [3.05, 3.63) is 24.0 Å². The van der Waals surface area contributed by atoms with E-state index in [1.165, 1.54) is 6.20 Å². The quantitative estimate of drug-likeness (QED) is 0.518. The highest BCUT2D eigenvalue weighted by atomic mass is 16.1. The number of nitrogen functional groups attached to an aromatic ring is 1. The van der Waals surface area contributed by atoms with Gasteiger partial charge in [-0.2, -0.15) is 0 Å². The number of carbonyl (C=O) groups excluding carboxylic acids is 1. The van der Waals surface area contributed by atoms with E-state index in [9.17, 15) is 4.79 Å². The third-order valence-electron chi connectivity index (χ3n) is 2.54. The standard InChI is InChI=1S/C11H18N4O/c1-3-8(4-2)14-11(16)9-7-13-6-5-10(9)15-12/h5-8H,3-4,12H2,1-2H3,(H,13,15)(H,14,16). The predicted octanol–water partition coefficient (Wildman–Crippen LogP) is 1.29. The Balaban J connectivity index is 2.79. The Kier molecular flexibility index (Phi) is 4.72. The lowest BCUT2D eigenvalue weighted by atomic mass is 10.1. The molecule has 4 N–H and O–H groups in total. The molecule has 1 rings (SSSR count). The molecule has 88 valence electrons. The van der Waals surface area contributed by atoms with Crippen molar-refractivity contribution >= 4 is 11.6 Å². The summed E-state index contributed by atoms with van der Waals surface area (Å²) in [5.41, 5.74) is 3.54. The number of amides is 1. The minimum Gasteiger partial charge on any atom is -0.349 e. The Morgan fingerprint density at radius 3 is 2.75 bits per heavy atom. The zero-order chi connectivity index (χ0) is 12.0. The summed E-state index contributed by atoms with van der Waals surface area (Å²) in [6, 6.07) is 1.86. The van der Waals surface area contributed by atoms with Crippen LogP contribution in [-0.4, -0.2) is 16.9 Å². The SMILES string of the molecule is CCC(CC)NC(=O)c1cnccc1NN. The summed E-state index contributed by atoms with van der Waals surface area (Å²) >= 11 is 0. The third kappa shape index (κ3) is 2.93. The zero-order valence-electron chi connectivity index (χ0n) is 9.66. The summed E-state index contributed by atoms with van der Waals surface area (Å²) in [6.45, 7) is 4.08. The lowest BCUT2D eigenvalue weighted by Gasteiger charge is -2.15. The van der Waals surface area contributed by atoms with E-state index in [1.807, 2.05) is 13.8 Å². The molecule has 5 heteroatoms. The smallest absolute Gasteiger partial charge is 0.255 e. The summed E-state index contributed by atoms with van der Waals surface area (Å²) in [5, 5.41) is 2.93. The summed E-state index contributed by atoms with van der Waals surface area (Å²) < 4.78 is 0. The summed E-state index contributed by atoms with van der Waals surface area (Å²) in [5.74, 6) is 5.18. The van der Waals surface area contributed by atoms with Gasteiger partial charge in [0.15, 0.2) is 0 Å². The number of anilines is 1. The fourth-order valence-corrected chi connectivity index (χ4v) is 1.46.